The van der Waals surface area contributed by atoms with Crippen molar-refractivity contribution in [1.82, 2.24) is 4.90 Å². The molecule has 0 aliphatic rings. The predicted molar refractivity (Wildman–Crippen MR) is 64.2 cm³/mol. The van der Waals surface area contributed by atoms with Crippen LogP contribution < -0.4 is 4.74 Å². The zero-order valence-corrected chi connectivity index (χ0v) is 11.0. The molecular formula is C11H14BrF2NO2. The first kappa shape index (κ1) is 14.3. The number of hydrogen-bond acceptors (Lipinski definition) is 3. The molecule has 1 aromatic carbocycles. The van der Waals surface area contributed by atoms with Crippen LogP contribution in [-0.2, 0) is 6.54 Å². The fraction of sp³-hybridized carbons (Fsp3) is 0.455. The molecule has 0 aliphatic heterocycles. The first-order chi connectivity index (χ1) is 8.02. The lowest BCUT2D eigenvalue weighted by atomic mass is 10.2. The second-order valence-electron chi connectivity index (χ2n) is 3.60. The summed E-state index contributed by atoms with van der Waals surface area (Å²) < 4.78 is 28.9. The first-order valence-corrected chi connectivity index (χ1v) is 5.85. The van der Waals surface area contributed by atoms with Gasteiger partial charge in [0.25, 0.3) is 0 Å². The van der Waals surface area contributed by atoms with Crippen LogP contribution in [-0.4, -0.2) is 36.8 Å². The highest BCUT2D eigenvalue weighted by Crippen LogP contribution is 2.27. The van der Waals surface area contributed by atoms with Gasteiger partial charge >= 0.3 is 6.61 Å². The molecule has 1 rings (SSSR count). The van der Waals surface area contributed by atoms with E-state index in [9.17, 15) is 8.78 Å². The van der Waals surface area contributed by atoms with E-state index in [1.165, 1.54) is 6.07 Å². The van der Waals surface area contributed by atoms with Crippen LogP contribution >= 0.6 is 15.9 Å². The Labute approximate surface area is 107 Å². The Hall–Kier alpha value is -0.720. The molecule has 0 aliphatic carbocycles. The molecule has 0 amide bonds. The van der Waals surface area contributed by atoms with E-state index in [1.807, 2.05) is 11.9 Å². The molecule has 0 radical (unpaired) electrons. The molecule has 0 unspecified atom stereocenters. The number of aliphatic hydroxyl groups is 1. The predicted octanol–water partition coefficient (Wildman–Crippen LogP) is 2.47. The average Bonchev–Trinajstić information content (AvgIpc) is 2.22. The van der Waals surface area contributed by atoms with Gasteiger partial charge in [0.15, 0.2) is 0 Å². The monoisotopic (exact) mass is 309 g/mol. The minimum Gasteiger partial charge on any atom is -0.434 e. The smallest absolute Gasteiger partial charge is 0.387 e. The Morgan fingerprint density at radius 3 is 2.71 bits per heavy atom. The van der Waals surface area contributed by atoms with Crippen molar-refractivity contribution in [2.24, 2.45) is 0 Å². The largest absolute Gasteiger partial charge is 0.434 e. The second kappa shape index (κ2) is 6.88. The Morgan fingerprint density at radius 1 is 1.47 bits per heavy atom. The fourth-order valence-electron chi connectivity index (χ4n) is 1.40. The lowest BCUT2D eigenvalue weighted by Gasteiger charge is -2.16. The first-order valence-electron chi connectivity index (χ1n) is 5.05. The van der Waals surface area contributed by atoms with Crippen molar-refractivity contribution in [3.05, 3.63) is 28.2 Å². The third-order valence-electron chi connectivity index (χ3n) is 2.15. The van der Waals surface area contributed by atoms with Gasteiger partial charge in [0.1, 0.15) is 5.75 Å². The minimum absolute atomic E-state index is 0.0875. The molecule has 0 heterocycles. The summed E-state index contributed by atoms with van der Waals surface area (Å²) in [7, 11) is 1.87. The summed E-state index contributed by atoms with van der Waals surface area (Å²) in [6.45, 7) is -1.54. The molecule has 0 atom stereocenters. The van der Waals surface area contributed by atoms with Gasteiger partial charge < -0.3 is 9.84 Å². The maximum atomic E-state index is 12.0. The molecule has 0 saturated heterocycles. The lowest BCUT2D eigenvalue weighted by molar-refractivity contribution is -0.0503. The maximum absolute atomic E-state index is 12.0. The number of halogens is 3. The topological polar surface area (TPSA) is 32.7 Å². The Kier molecular flexibility index (Phi) is 5.80. The van der Waals surface area contributed by atoms with Crippen LogP contribution in [0.15, 0.2) is 22.7 Å². The number of alkyl halides is 2. The zero-order chi connectivity index (χ0) is 12.8. The van der Waals surface area contributed by atoms with E-state index in [1.54, 1.807) is 12.1 Å². The van der Waals surface area contributed by atoms with Crippen molar-refractivity contribution in [2.45, 2.75) is 13.2 Å². The van der Waals surface area contributed by atoms with Crippen molar-refractivity contribution < 1.29 is 18.6 Å². The van der Waals surface area contributed by atoms with Gasteiger partial charge in [0.2, 0.25) is 0 Å². The van der Waals surface area contributed by atoms with Gasteiger partial charge in [-0.25, -0.2) is 0 Å². The summed E-state index contributed by atoms with van der Waals surface area (Å²) >= 11 is 3.18. The summed E-state index contributed by atoms with van der Waals surface area (Å²) in [6, 6.07) is 4.94. The molecule has 0 fully saturated rings. The fourth-order valence-corrected chi connectivity index (χ4v) is 1.92. The number of likely N-dealkylation sites (N-methyl/N-ethyl adjacent to an activating group) is 1. The van der Waals surface area contributed by atoms with Crippen LogP contribution in [0, 0.1) is 0 Å². The normalized spacial score (nSPS) is 11.2. The molecule has 0 spiro atoms. The van der Waals surface area contributed by atoms with Crippen LogP contribution in [0.1, 0.15) is 5.56 Å². The number of ether oxygens (including phenoxy) is 1. The van der Waals surface area contributed by atoms with Crippen molar-refractivity contribution in [1.29, 1.82) is 0 Å². The average molecular weight is 310 g/mol. The summed E-state index contributed by atoms with van der Waals surface area (Å²) in [4.78, 5) is 1.93. The van der Waals surface area contributed by atoms with E-state index in [0.717, 1.165) is 5.56 Å². The summed E-state index contributed by atoms with van der Waals surface area (Å²) in [6.07, 6.45) is 0. The minimum atomic E-state index is -2.82. The maximum Gasteiger partial charge on any atom is 0.387 e. The molecular weight excluding hydrogens is 296 g/mol. The standard InChI is InChI=1S/C11H14BrF2NO2/c1-15(4-5-16)7-8-2-3-10(9(12)6-8)17-11(13)14/h2-3,6,11,16H,4-5,7H2,1H3. The van der Waals surface area contributed by atoms with E-state index < -0.39 is 6.61 Å². The van der Waals surface area contributed by atoms with Crippen LogP contribution in [0.25, 0.3) is 0 Å². The number of benzene rings is 1. The quantitative estimate of drug-likeness (QED) is 0.876. The van der Waals surface area contributed by atoms with Gasteiger partial charge in [-0.05, 0) is 40.7 Å². The highest BCUT2D eigenvalue weighted by atomic mass is 79.9. The van der Waals surface area contributed by atoms with E-state index in [0.29, 0.717) is 17.6 Å². The Balaban J connectivity index is 2.68. The van der Waals surface area contributed by atoms with E-state index in [-0.39, 0.29) is 12.4 Å². The molecule has 1 N–H and O–H groups in total. The van der Waals surface area contributed by atoms with Gasteiger partial charge in [-0.3, -0.25) is 4.90 Å². The number of hydrogen-bond donors (Lipinski definition) is 1. The van der Waals surface area contributed by atoms with Gasteiger partial charge in [-0.2, -0.15) is 8.78 Å². The molecule has 3 nitrogen and oxygen atoms in total. The van der Waals surface area contributed by atoms with E-state index in [2.05, 4.69) is 20.7 Å². The molecule has 0 saturated carbocycles. The Morgan fingerprint density at radius 2 is 2.18 bits per heavy atom. The molecule has 1 aromatic rings. The zero-order valence-electron chi connectivity index (χ0n) is 9.37. The number of aliphatic hydroxyl groups excluding tert-OH is 1. The number of nitrogens with zero attached hydrogens (tertiary/aromatic N) is 1. The van der Waals surface area contributed by atoms with Crippen molar-refractivity contribution in [3.63, 3.8) is 0 Å². The SMILES string of the molecule is CN(CCO)Cc1ccc(OC(F)F)c(Br)c1. The summed E-state index contributed by atoms with van der Waals surface area (Å²) in [5.41, 5.74) is 0.953. The lowest BCUT2D eigenvalue weighted by Crippen LogP contribution is -2.21. The van der Waals surface area contributed by atoms with Crippen LogP contribution in [0.2, 0.25) is 0 Å². The van der Waals surface area contributed by atoms with E-state index >= 15 is 0 Å². The van der Waals surface area contributed by atoms with Crippen molar-refractivity contribution in [2.75, 3.05) is 20.2 Å². The van der Waals surface area contributed by atoms with Crippen LogP contribution in [0.3, 0.4) is 0 Å². The molecule has 96 valence electrons. The third-order valence-corrected chi connectivity index (χ3v) is 2.77. The summed E-state index contributed by atoms with van der Waals surface area (Å²) in [5.74, 6) is 0.119. The molecule has 0 bridgehead atoms. The highest BCUT2D eigenvalue weighted by molar-refractivity contribution is 9.10. The van der Waals surface area contributed by atoms with Gasteiger partial charge in [-0.1, -0.05) is 6.07 Å². The van der Waals surface area contributed by atoms with Gasteiger partial charge in [0.05, 0.1) is 11.1 Å². The van der Waals surface area contributed by atoms with E-state index in [4.69, 9.17) is 5.11 Å². The van der Waals surface area contributed by atoms with Gasteiger partial charge in [-0.15, -0.1) is 0 Å². The van der Waals surface area contributed by atoms with Crippen molar-refractivity contribution >= 4 is 15.9 Å². The van der Waals surface area contributed by atoms with Crippen LogP contribution in [0.5, 0.6) is 5.75 Å². The van der Waals surface area contributed by atoms with Gasteiger partial charge in [0, 0.05) is 13.1 Å². The Bertz CT molecular complexity index is 363. The highest BCUT2D eigenvalue weighted by Gasteiger charge is 2.09. The second-order valence-corrected chi connectivity index (χ2v) is 4.46. The van der Waals surface area contributed by atoms with Crippen molar-refractivity contribution in [3.8, 4) is 5.75 Å². The molecule has 17 heavy (non-hydrogen) atoms. The molecule has 0 aromatic heterocycles. The molecule has 6 heteroatoms. The van der Waals surface area contributed by atoms with Crippen LogP contribution in [0.4, 0.5) is 8.78 Å². The number of rotatable bonds is 6. The third kappa shape index (κ3) is 4.97. The summed E-state index contributed by atoms with van der Waals surface area (Å²) in [5, 5.41) is 8.76.